The molecule has 0 saturated heterocycles. The molecule has 3 aromatic rings. The number of carbonyl (C=O) groups is 3. The smallest absolute Gasteiger partial charge is 0.335 e. The summed E-state index contributed by atoms with van der Waals surface area (Å²) in [5, 5.41) is 9.67. The lowest BCUT2D eigenvalue weighted by molar-refractivity contribution is -0.119. The second-order valence-corrected chi connectivity index (χ2v) is 7.58. The average molecular weight is 429 g/mol. The summed E-state index contributed by atoms with van der Waals surface area (Å²) < 4.78 is 0. The number of ketones is 2. The lowest BCUT2D eigenvalue weighted by Crippen LogP contribution is -2.21. The van der Waals surface area contributed by atoms with E-state index < -0.39 is 11.8 Å². The summed E-state index contributed by atoms with van der Waals surface area (Å²) >= 11 is 6.22. The van der Waals surface area contributed by atoms with E-state index in [1.807, 2.05) is 36.4 Å². The number of carbonyl (C=O) groups excluding carboxylic acids is 2. The fraction of sp³-hybridized carbons (Fsp3) is 0.0385. The summed E-state index contributed by atoms with van der Waals surface area (Å²) in [7, 11) is 0. The number of carboxylic acids is 1. The van der Waals surface area contributed by atoms with Gasteiger partial charge in [-0.05, 0) is 52.6 Å². The van der Waals surface area contributed by atoms with Gasteiger partial charge in [0.2, 0.25) is 0 Å². The summed E-state index contributed by atoms with van der Waals surface area (Å²) in [6, 6.07) is 20.8. The van der Waals surface area contributed by atoms with Crippen LogP contribution < -0.4 is 0 Å². The standard InChI is InChI=1S/C26H17ClO4/c27-20-11-10-18-14-23(29)25(24(21(18)15-20)17-6-2-1-3-7-17)22(28)12-9-16-5-4-8-19(13-16)26(30)31/h1-13,15H,14H2,(H,30,31). The Morgan fingerprint density at radius 2 is 1.71 bits per heavy atom. The monoisotopic (exact) mass is 428 g/mol. The average Bonchev–Trinajstić information content (AvgIpc) is 2.77. The molecule has 0 atom stereocenters. The highest BCUT2D eigenvalue weighted by Gasteiger charge is 2.29. The van der Waals surface area contributed by atoms with E-state index in [0.717, 1.165) is 16.7 Å². The van der Waals surface area contributed by atoms with Crippen LogP contribution in [0.15, 0.2) is 84.4 Å². The topological polar surface area (TPSA) is 71.4 Å². The molecule has 0 aromatic heterocycles. The third kappa shape index (κ3) is 4.25. The Bertz CT molecular complexity index is 1270. The summed E-state index contributed by atoms with van der Waals surface area (Å²) in [5.74, 6) is -1.75. The molecule has 0 bridgehead atoms. The third-order valence-corrected chi connectivity index (χ3v) is 5.33. The SMILES string of the molecule is O=C(C=Cc1cccc(C(=O)O)c1)C1=C(c2ccccc2)c2cc(Cl)ccc2CC1=O. The van der Waals surface area contributed by atoms with Crippen molar-refractivity contribution >= 4 is 40.8 Å². The first kappa shape index (κ1) is 20.5. The maximum absolute atomic E-state index is 13.2. The zero-order chi connectivity index (χ0) is 22.0. The Kier molecular flexibility index (Phi) is 5.65. The van der Waals surface area contributed by atoms with Gasteiger partial charge >= 0.3 is 5.97 Å². The number of fused-ring (bicyclic) bond motifs is 1. The Morgan fingerprint density at radius 3 is 2.45 bits per heavy atom. The lowest BCUT2D eigenvalue weighted by Gasteiger charge is -2.22. The number of rotatable bonds is 5. The van der Waals surface area contributed by atoms with Crippen LogP contribution in [0.1, 0.15) is 32.6 Å². The van der Waals surface area contributed by atoms with Crippen molar-refractivity contribution in [2.45, 2.75) is 6.42 Å². The Balaban J connectivity index is 1.83. The molecule has 0 heterocycles. The fourth-order valence-electron chi connectivity index (χ4n) is 3.67. The number of benzene rings is 3. The van der Waals surface area contributed by atoms with E-state index in [1.165, 1.54) is 24.3 Å². The van der Waals surface area contributed by atoms with Gasteiger partial charge in [-0.2, -0.15) is 0 Å². The lowest BCUT2D eigenvalue weighted by atomic mass is 9.80. The van der Waals surface area contributed by atoms with Crippen LogP contribution in [-0.4, -0.2) is 22.6 Å². The molecule has 4 rings (SSSR count). The number of aromatic carboxylic acids is 1. The summed E-state index contributed by atoms with van der Waals surface area (Å²) in [4.78, 5) is 37.3. The van der Waals surface area contributed by atoms with Crippen molar-refractivity contribution in [2.75, 3.05) is 0 Å². The van der Waals surface area contributed by atoms with Gasteiger partial charge in [-0.3, -0.25) is 9.59 Å². The van der Waals surface area contributed by atoms with Crippen LogP contribution in [-0.2, 0) is 16.0 Å². The Labute approximate surface area is 184 Å². The first-order valence-electron chi connectivity index (χ1n) is 9.61. The molecule has 1 aliphatic carbocycles. The van der Waals surface area contributed by atoms with E-state index in [-0.39, 0.29) is 23.3 Å². The van der Waals surface area contributed by atoms with Crippen molar-refractivity contribution < 1.29 is 19.5 Å². The molecule has 0 spiro atoms. The van der Waals surface area contributed by atoms with Gasteiger partial charge in [-0.15, -0.1) is 0 Å². The van der Waals surface area contributed by atoms with Gasteiger partial charge in [0, 0.05) is 17.0 Å². The molecule has 0 amide bonds. The predicted molar refractivity (Wildman–Crippen MR) is 120 cm³/mol. The normalized spacial score (nSPS) is 13.4. The molecule has 1 N–H and O–H groups in total. The van der Waals surface area contributed by atoms with Gasteiger partial charge in [0.05, 0.1) is 11.1 Å². The molecule has 0 aliphatic heterocycles. The molecule has 0 saturated carbocycles. The van der Waals surface area contributed by atoms with Crippen molar-refractivity contribution in [3.8, 4) is 0 Å². The second kappa shape index (κ2) is 8.54. The molecule has 3 aromatic carbocycles. The molecule has 4 nitrogen and oxygen atoms in total. The van der Waals surface area contributed by atoms with Gasteiger partial charge in [-0.25, -0.2) is 4.79 Å². The molecule has 1 aliphatic rings. The quantitative estimate of drug-likeness (QED) is 0.445. The van der Waals surface area contributed by atoms with Gasteiger partial charge in [0.15, 0.2) is 11.6 Å². The van der Waals surface area contributed by atoms with Crippen LogP contribution in [0.4, 0.5) is 0 Å². The highest BCUT2D eigenvalue weighted by molar-refractivity contribution is 6.33. The fourth-order valence-corrected chi connectivity index (χ4v) is 3.84. The maximum Gasteiger partial charge on any atom is 0.335 e. The van der Waals surface area contributed by atoms with Crippen LogP contribution in [0, 0.1) is 0 Å². The van der Waals surface area contributed by atoms with Crippen LogP contribution >= 0.6 is 11.6 Å². The summed E-state index contributed by atoms with van der Waals surface area (Å²) in [5.41, 5.74) is 3.68. The largest absolute Gasteiger partial charge is 0.478 e. The van der Waals surface area contributed by atoms with E-state index in [1.54, 1.807) is 24.3 Å². The van der Waals surface area contributed by atoms with Crippen LogP contribution in [0.2, 0.25) is 5.02 Å². The molecule has 0 radical (unpaired) electrons. The van der Waals surface area contributed by atoms with Crippen LogP contribution in [0.5, 0.6) is 0 Å². The van der Waals surface area contributed by atoms with Gasteiger partial charge < -0.3 is 5.11 Å². The Morgan fingerprint density at radius 1 is 0.935 bits per heavy atom. The third-order valence-electron chi connectivity index (χ3n) is 5.09. The zero-order valence-corrected chi connectivity index (χ0v) is 17.1. The minimum absolute atomic E-state index is 0.103. The summed E-state index contributed by atoms with van der Waals surface area (Å²) in [6.07, 6.45) is 2.95. The highest BCUT2D eigenvalue weighted by Crippen LogP contribution is 2.36. The summed E-state index contributed by atoms with van der Waals surface area (Å²) in [6.45, 7) is 0. The predicted octanol–water partition coefficient (Wildman–Crippen LogP) is 5.25. The van der Waals surface area contributed by atoms with Crippen molar-refractivity contribution in [1.82, 2.24) is 0 Å². The first-order valence-corrected chi connectivity index (χ1v) is 9.99. The first-order chi connectivity index (χ1) is 14.9. The number of allylic oxidation sites excluding steroid dienone is 2. The van der Waals surface area contributed by atoms with E-state index in [2.05, 4.69) is 0 Å². The number of hydrogen-bond acceptors (Lipinski definition) is 3. The minimum Gasteiger partial charge on any atom is -0.478 e. The highest BCUT2D eigenvalue weighted by atomic mass is 35.5. The van der Waals surface area contributed by atoms with Gasteiger partial charge in [0.25, 0.3) is 0 Å². The van der Waals surface area contributed by atoms with Gasteiger partial charge in [0.1, 0.15) is 0 Å². The van der Waals surface area contributed by atoms with E-state index in [0.29, 0.717) is 16.2 Å². The molecule has 152 valence electrons. The number of Topliss-reactive ketones (excluding diaryl/α,β-unsaturated/α-hetero) is 1. The minimum atomic E-state index is -1.05. The zero-order valence-electron chi connectivity index (χ0n) is 16.3. The molecular formula is C26H17ClO4. The molecule has 0 unspecified atom stereocenters. The molecule has 0 fully saturated rings. The van der Waals surface area contributed by atoms with E-state index in [9.17, 15) is 14.4 Å². The van der Waals surface area contributed by atoms with Crippen molar-refractivity contribution in [1.29, 1.82) is 0 Å². The second-order valence-electron chi connectivity index (χ2n) is 7.15. The van der Waals surface area contributed by atoms with E-state index >= 15 is 0 Å². The van der Waals surface area contributed by atoms with E-state index in [4.69, 9.17) is 16.7 Å². The number of halogens is 1. The van der Waals surface area contributed by atoms with Crippen molar-refractivity contribution in [3.05, 3.63) is 117 Å². The molecule has 31 heavy (non-hydrogen) atoms. The molecule has 5 heteroatoms. The number of hydrogen-bond donors (Lipinski definition) is 1. The van der Waals surface area contributed by atoms with Gasteiger partial charge in [-0.1, -0.05) is 66.2 Å². The maximum atomic E-state index is 13.2. The Hall–Kier alpha value is -3.76. The number of carboxylic acid groups (broad SMARTS) is 1. The van der Waals surface area contributed by atoms with Crippen LogP contribution in [0.3, 0.4) is 0 Å². The van der Waals surface area contributed by atoms with Crippen molar-refractivity contribution in [2.24, 2.45) is 0 Å². The van der Waals surface area contributed by atoms with Crippen LogP contribution in [0.25, 0.3) is 11.6 Å². The molecular weight excluding hydrogens is 412 g/mol. The van der Waals surface area contributed by atoms with Crippen molar-refractivity contribution in [3.63, 3.8) is 0 Å².